The topological polar surface area (TPSA) is 101 Å². The second-order valence-electron chi connectivity index (χ2n) is 11.5. The number of likely N-dealkylation sites (N-methyl/N-ethyl adjacent to an activating group) is 1. The number of hydrogen-bond donors (Lipinski definition) is 2. The number of benzene rings is 1. The normalized spacial score (nSPS) is 17.7. The van der Waals surface area contributed by atoms with Gasteiger partial charge in [0, 0.05) is 63.5 Å². The van der Waals surface area contributed by atoms with Crippen molar-refractivity contribution in [1.29, 1.82) is 0 Å². The van der Waals surface area contributed by atoms with Gasteiger partial charge in [-0.15, -0.1) is 0 Å². The van der Waals surface area contributed by atoms with E-state index in [4.69, 9.17) is 5.11 Å². The van der Waals surface area contributed by atoms with Gasteiger partial charge in [-0.25, -0.2) is 19.3 Å². The summed E-state index contributed by atoms with van der Waals surface area (Å²) < 4.78 is 70.9. The van der Waals surface area contributed by atoms with Crippen molar-refractivity contribution in [2.75, 3.05) is 74.5 Å². The van der Waals surface area contributed by atoms with E-state index in [2.05, 4.69) is 25.2 Å². The SMILES string of the molecule is C.CN1CCN(c2sc(Nc3ncnc(N4CCN(CCC(=O)O)CC4)c3F)nc2-c2cc(F)cc(C(F)(F)F)c2)CC1(C)C. The Balaban J connectivity index is 0.00000461. The van der Waals surface area contributed by atoms with Crippen molar-refractivity contribution in [3.05, 3.63) is 41.7 Å². The van der Waals surface area contributed by atoms with E-state index in [0.717, 1.165) is 23.5 Å². The molecule has 3 aromatic rings. The molecule has 2 saturated heterocycles. The molecule has 0 aliphatic carbocycles. The lowest BCUT2D eigenvalue weighted by Gasteiger charge is -2.45. The van der Waals surface area contributed by atoms with E-state index in [1.165, 1.54) is 6.33 Å². The summed E-state index contributed by atoms with van der Waals surface area (Å²) in [6.45, 7) is 8.19. The van der Waals surface area contributed by atoms with Gasteiger partial charge in [0.15, 0.2) is 16.8 Å². The van der Waals surface area contributed by atoms with E-state index in [0.29, 0.717) is 63.4 Å². The Bertz CT molecular complexity index is 1510. The second-order valence-corrected chi connectivity index (χ2v) is 12.5. The van der Waals surface area contributed by atoms with E-state index < -0.39 is 29.3 Å². The number of thiazole rings is 1. The molecule has 10 nitrogen and oxygen atoms in total. The molecule has 45 heavy (non-hydrogen) atoms. The first-order valence-electron chi connectivity index (χ1n) is 14.0. The highest BCUT2D eigenvalue weighted by Gasteiger charge is 2.35. The number of carboxylic acid groups (broad SMARTS) is 1. The first-order valence-corrected chi connectivity index (χ1v) is 14.8. The van der Waals surface area contributed by atoms with Crippen LogP contribution in [-0.4, -0.2) is 101 Å². The number of nitrogens with one attached hydrogen (secondary N) is 1. The molecule has 16 heteroatoms. The van der Waals surface area contributed by atoms with Gasteiger partial charge in [-0.3, -0.25) is 14.6 Å². The van der Waals surface area contributed by atoms with Crippen molar-refractivity contribution in [2.45, 2.75) is 39.4 Å². The Labute approximate surface area is 262 Å². The summed E-state index contributed by atoms with van der Waals surface area (Å²) >= 11 is 1.12. The molecule has 0 radical (unpaired) electrons. The van der Waals surface area contributed by atoms with Crippen LogP contribution in [0.1, 0.15) is 33.3 Å². The van der Waals surface area contributed by atoms with E-state index in [1.807, 2.05) is 30.7 Å². The summed E-state index contributed by atoms with van der Waals surface area (Å²) in [5.41, 5.74) is -1.29. The minimum absolute atomic E-state index is 0. The van der Waals surface area contributed by atoms with Crippen LogP contribution in [0.25, 0.3) is 11.3 Å². The highest BCUT2D eigenvalue weighted by atomic mass is 32.1. The van der Waals surface area contributed by atoms with Crippen molar-refractivity contribution in [3.8, 4) is 11.3 Å². The van der Waals surface area contributed by atoms with Gasteiger partial charge in [0.25, 0.3) is 0 Å². The molecule has 0 spiro atoms. The van der Waals surface area contributed by atoms with E-state index in [-0.39, 0.29) is 47.4 Å². The first kappa shape index (κ1) is 34.2. The zero-order chi connectivity index (χ0) is 31.8. The van der Waals surface area contributed by atoms with Crippen LogP contribution in [0.2, 0.25) is 0 Å². The van der Waals surface area contributed by atoms with Crippen LogP contribution in [0, 0.1) is 11.6 Å². The maximum atomic E-state index is 15.7. The van der Waals surface area contributed by atoms with Gasteiger partial charge >= 0.3 is 12.1 Å². The lowest BCUT2D eigenvalue weighted by Crippen LogP contribution is -2.57. The Morgan fingerprint density at radius 1 is 1.04 bits per heavy atom. The molecule has 2 N–H and O–H groups in total. The van der Waals surface area contributed by atoms with Gasteiger partial charge in [0.1, 0.15) is 22.8 Å². The smallest absolute Gasteiger partial charge is 0.416 e. The largest absolute Gasteiger partial charge is 0.481 e. The van der Waals surface area contributed by atoms with Crippen LogP contribution < -0.4 is 15.1 Å². The first-order chi connectivity index (χ1) is 20.7. The molecule has 0 bridgehead atoms. The number of rotatable bonds is 8. The number of aromatic nitrogens is 3. The van der Waals surface area contributed by atoms with Crippen molar-refractivity contribution in [2.24, 2.45) is 0 Å². The number of carboxylic acids is 1. The standard InChI is InChI=1S/C28H33F5N8O2S.CH4/c1-27(2)15-41(9-6-38(27)3)25-22(17-12-18(28(31,32)33)14-19(29)13-17)36-26(44-25)37-23-21(30)24(35-16-34-23)40-10-7-39(8-11-40)5-4-20(42)43;/h12-14,16H,4-11,15H2,1-3H3,(H,42,43)(H,34,35,36,37);1H4. The van der Waals surface area contributed by atoms with Gasteiger partial charge in [-0.05, 0) is 39.1 Å². The van der Waals surface area contributed by atoms with Crippen LogP contribution in [0.15, 0.2) is 24.5 Å². The molecule has 5 rings (SSSR count). The molecule has 2 aliphatic rings. The molecule has 0 unspecified atom stereocenters. The maximum Gasteiger partial charge on any atom is 0.416 e. The van der Waals surface area contributed by atoms with Gasteiger partial charge in [0.2, 0.25) is 5.82 Å². The van der Waals surface area contributed by atoms with E-state index in [1.54, 1.807) is 4.90 Å². The number of alkyl halides is 3. The molecule has 0 saturated carbocycles. The Morgan fingerprint density at radius 2 is 1.73 bits per heavy atom. The minimum atomic E-state index is -4.76. The monoisotopic (exact) mass is 656 g/mol. The van der Waals surface area contributed by atoms with Crippen LogP contribution in [0.5, 0.6) is 0 Å². The number of halogens is 5. The zero-order valence-corrected chi connectivity index (χ0v) is 25.3. The molecule has 0 atom stereocenters. The fourth-order valence-electron chi connectivity index (χ4n) is 5.28. The summed E-state index contributed by atoms with van der Waals surface area (Å²) in [6, 6.07) is 2.32. The molecular formula is C29H37F5N8O2S. The molecule has 4 heterocycles. The Morgan fingerprint density at radius 3 is 2.38 bits per heavy atom. The van der Waals surface area contributed by atoms with Crippen LogP contribution >= 0.6 is 11.3 Å². The molecular weight excluding hydrogens is 619 g/mol. The Kier molecular flexibility index (Phi) is 10.2. The van der Waals surface area contributed by atoms with E-state index >= 15 is 4.39 Å². The molecule has 246 valence electrons. The van der Waals surface area contributed by atoms with Gasteiger partial charge < -0.3 is 20.2 Å². The summed E-state index contributed by atoms with van der Waals surface area (Å²) in [5.74, 6) is -2.75. The molecule has 2 aromatic heterocycles. The third-order valence-corrected chi connectivity index (χ3v) is 9.05. The van der Waals surface area contributed by atoms with E-state index in [9.17, 15) is 22.4 Å². The quantitative estimate of drug-likeness (QED) is 0.307. The third-order valence-electron chi connectivity index (χ3n) is 8.02. The lowest BCUT2D eigenvalue weighted by atomic mass is 9.99. The molecule has 1 aromatic carbocycles. The molecule has 2 aliphatic heterocycles. The average Bonchev–Trinajstić information content (AvgIpc) is 3.38. The highest BCUT2D eigenvalue weighted by Crippen LogP contribution is 2.43. The average molecular weight is 657 g/mol. The second kappa shape index (κ2) is 13.4. The van der Waals surface area contributed by atoms with Crippen molar-refractivity contribution in [3.63, 3.8) is 0 Å². The summed E-state index contributed by atoms with van der Waals surface area (Å²) in [4.78, 5) is 31.5. The maximum absolute atomic E-state index is 15.7. The minimum Gasteiger partial charge on any atom is -0.481 e. The fraction of sp³-hybridized carbons (Fsp3) is 0.517. The van der Waals surface area contributed by atoms with Crippen LogP contribution in [0.3, 0.4) is 0 Å². The number of anilines is 4. The van der Waals surface area contributed by atoms with Crippen molar-refractivity contribution >= 4 is 39.1 Å². The number of nitrogens with zero attached hydrogens (tertiary/aromatic N) is 7. The predicted octanol–water partition coefficient (Wildman–Crippen LogP) is 5.40. The van der Waals surface area contributed by atoms with Gasteiger partial charge in [-0.1, -0.05) is 18.8 Å². The number of carbonyl (C=O) groups is 1. The summed E-state index contributed by atoms with van der Waals surface area (Å²) in [5, 5.41) is 12.5. The van der Waals surface area contributed by atoms with Crippen LogP contribution in [0.4, 0.5) is 43.7 Å². The van der Waals surface area contributed by atoms with Crippen molar-refractivity contribution < 1.29 is 31.9 Å². The summed E-state index contributed by atoms with van der Waals surface area (Å²) in [7, 11) is 1.99. The predicted molar refractivity (Wildman–Crippen MR) is 164 cm³/mol. The van der Waals surface area contributed by atoms with Crippen LogP contribution in [-0.2, 0) is 11.0 Å². The highest BCUT2D eigenvalue weighted by molar-refractivity contribution is 7.20. The third kappa shape index (κ3) is 7.79. The molecule has 0 amide bonds. The van der Waals surface area contributed by atoms with Gasteiger partial charge in [-0.2, -0.15) is 17.6 Å². The molecule has 2 fully saturated rings. The van der Waals surface area contributed by atoms with Crippen molar-refractivity contribution in [1.82, 2.24) is 24.8 Å². The number of piperazine rings is 2. The number of hydrogen-bond acceptors (Lipinski definition) is 10. The summed E-state index contributed by atoms with van der Waals surface area (Å²) in [6.07, 6.45) is -3.53. The number of aliphatic carboxylic acids is 1. The lowest BCUT2D eigenvalue weighted by molar-refractivity contribution is -0.138. The fourth-order valence-corrected chi connectivity index (χ4v) is 6.29. The zero-order valence-electron chi connectivity index (χ0n) is 24.5. The van der Waals surface area contributed by atoms with Gasteiger partial charge in [0.05, 0.1) is 12.0 Å². The Hall–Kier alpha value is -3.63.